The molecule has 4 nitrogen and oxygen atoms in total. The average molecular weight is 357 g/mol. The number of ether oxygens (including phenoxy) is 2. The van der Waals surface area contributed by atoms with Crippen LogP contribution in [0.4, 0.5) is 5.69 Å². The fraction of sp³-hybridized carbons (Fsp3) is 0.174. The SMILES string of the molecule is O=C(Nc1ccc(-c2ccccc2)cc1)C1(c2ccc3c(c2)OCO3)CC1. The zero-order valence-electron chi connectivity index (χ0n) is 14.8. The first-order chi connectivity index (χ1) is 13.2. The van der Waals surface area contributed by atoms with Crippen LogP contribution in [0.25, 0.3) is 11.1 Å². The standard InChI is InChI=1S/C23H19NO3/c25-22(23(12-13-23)18-8-11-20-21(14-18)27-15-26-20)24-19-9-6-17(7-10-19)16-4-2-1-3-5-16/h1-11,14H,12-13,15H2,(H,24,25). The van der Waals surface area contributed by atoms with Crippen molar-refractivity contribution in [2.75, 3.05) is 12.1 Å². The summed E-state index contributed by atoms with van der Waals surface area (Å²) >= 11 is 0. The van der Waals surface area contributed by atoms with Gasteiger partial charge < -0.3 is 14.8 Å². The highest BCUT2D eigenvalue weighted by Gasteiger charge is 2.51. The molecule has 0 aromatic heterocycles. The summed E-state index contributed by atoms with van der Waals surface area (Å²) in [4.78, 5) is 13.0. The molecule has 134 valence electrons. The van der Waals surface area contributed by atoms with Crippen molar-refractivity contribution in [3.05, 3.63) is 78.4 Å². The van der Waals surface area contributed by atoms with Crippen LogP contribution in [-0.4, -0.2) is 12.7 Å². The van der Waals surface area contributed by atoms with Crippen molar-refractivity contribution in [1.82, 2.24) is 0 Å². The Morgan fingerprint density at radius 3 is 2.26 bits per heavy atom. The number of hydrogen-bond donors (Lipinski definition) is 1. The molecule has 1 amide bonds. The Bertz CT molecular complexity index is 992. The van der Waals surface area contributed by atoms with Crippen LogP contribution in [-0.2, 0) is 10.2 Å². The highest BCUT2D eigenvalue weighted by molar-refractivity contribution is 6.01. The lowest BCUT2D eigenvalue weighted by Crippen LogP contribution is -2.27. The van der Waals surface area contributed by atoms with Gasteiger partial charge in [0.15, 0.2) is 11.5 Å². The van der Waals surface area contributed by atoms with Gasteiger partial charge in [0, 0.05) is 5.69 Å². The predicted molar refractivity (Wildman–Crippen MR) is 104 cm³/mol. The van der Waals surface area contributed by atoms with Gasteiger partial charge in [-0.3, -0.25) is 4.79 Å². The summed E-state index contributed by atoms with van der Waals surface area (Å²) in [7, 11) is 0. The minimum Gasteiger partial charge on any atom is -0.454 e. The van der Waals surface area contributed by atoms with E-state index in [0.717, 1.165) is 46.7 Å². The van der Waals surface area contributed by atoms with Crippen LogP contribution < -0.4 is 14.8 Å². The van der Waals surface area contributed by atoms with E-state index in [1.807, 2.05) is 60.7 Å². The van der Waals surface area contributed by atoms with Crippen molar-refractivity contribution in [1.29, 1.82) is 0 Å². The second-order valence-electron chi connectivity index (χ2n) is 7.05. The molecule has 0 bridgehead atoms. The van der Waals surface area contributed by atoms with Crippen molar-refractivity contribution in [3.8, 4) is 22.6 Å². The molecule has 4 heteroatoms. The third-order valence-electron chi connectivity index (χ3n) is 5.36. The van der Waals surface area contributed by atoms with Gasteiger partial charge in [-0.2, -0.15) is 0 Å². The first-order valence-electron chi connectivity index (χ1n) is 9.12. The number of hydrogen-bond acceptors (Lipinski definition) is 3. The van der Waals surface area contributed by atoms with Crippen LogP contribution >= 0.6 is 0 Å². The second-order valence-corrected chi connectivity index (χ2v) is 7.05. The fourth-order valence-electron chi connectivity index (χ4n) is 3.59. The van der Waals surface area contributed by atoms with E-state index in [1.165, 1.54) is 0 Å². The van der Waals surface area contributed by atoms with E-state index in [9.17, 15) is 4.79 Å². The zero-order valence-corrected chi connectivity index (χ0v) is 14.8. The van der Waals surface area contributed by atoms with Gasteiger partial charge in [0.25, 0.3) is 0 Å². The van der Waals surface area contributed by atoms with E-state index in [1.54, 1.807) is 0 Å². The smallest absolute Gasteiger partial charge is 0.235 e. The highest BCUT2D eigenvalue weighted by atomic mass is 16.7. The molecular formula is C23H19NO3. The normalized spacial score (nSPS) is 16.0. The lowest BCUT2D eigenvalue weighted by molar-refractivity contribution is -0.118. The van der Waals surface area contributed by atoms with Gasteiger partial charge in [0.1, 0.15) is 0 Å². The summed E-state index contributed by atoms with van der Waals surface area (Å²) in [6.45, 7) is 0.242. The predicted octanol–water partition coefficient (Wildman–Crippen LogP) is 4.75. The first kappa shape index (κ1) is 15.9. The van der Waals surface area contributed by atoms with Gasteiger partial charge in [-0.05, 0) is 53.8 Å². The van der Waals surface area contributed by atoms with Crippen molar-refractivity contribution in [2.24, 2.45) is 0 Å². The molecule has 1 saturated carbocycles. The van der Waals surface area contributed by atoms with E-state index in [-0.39, 0.29) is 12.7 Å². The molecule has 0 radical (unpaired) electrons. The van der Waals surface area contributed by atoms with Crippen molar-refractivity contribution in [2.45, 2.75) is 18.3 Å². The van der Waals surface area contributed by atoms with Crippen LogP contribution in [0.5, 0.6) is 11.5 Å². The van der Waals surface area contributed by atoms with Crippen LogP contribution in [0.3, 0.4) is 0 Å². The molecule has 2 aliphatic rings. The summed E-state index contributed by atoms with van der Waals surface area (Å²) < 4.78 is 10.8. The minimum absolute atomic E-state index is 0.0360. The molecule has 1 aliphatic heterocycles. The highest BCUT2D eigenvalue weighted by Crippen LogP contribution is 2.51. The molecule has 27 heavy (non-hydrogen) atoms. The Kier molecular flexibility index (Phi) is 3.64. The molecule has 1 aliphatic carbocycles. The quantitative estimate of drug-likeness (QED) is 0.733. The van der Waals surface area contributed by atoms with E-state index in [0.29, 0.717) is 0 Å². The zero-order chi connectivity index (χ0) is 18.3. The number of fused-ring (bicyclic) bond motifs is 1. The van der Waals surface area contributed by atoms with Crippen LogP contribution in [0.1, 0.15) is 18.4 Å². The molecule has 0 atom stereocenters. The summed E-state index contributed by atoms with van der Waals surface area (Å²) in [5, 5.41) is 3.08. The number of carbonyl (C=O) groups is 1. The van der Waals surface area contributed by atoms with Crippen molar-refractivity contribution < 1.29 is 14.3 Å². The Balaban J connectivity index is 1.34. The van der Waals surface area contributed by atoms with Gasteiger partial charge in [-0.15, -0.1) is 0 Å². The molecule has 3 aromatic carbocycles. The minimum atomic E-state index is -0.459. The maximum absolute atomic E-state index is 13.0. The molecule has 0 saturated heterocycles. The molecular weight excluding hydrogens is 338 g/mol. The molecule has 1 heterocycles. The monoisotopic (exact) mass is 357 g/mol. The Morgan fingerprint density at radius 1 is 0.815 bits per heavy atom. The molecule has 0 unspecified atom stereocenters. The maximum atomic E-state index is 13.0. The van der Waals surface area contributed by atoms with E-state index < -0.39 is 5.41 Å². The number of benzene rings is 3. The van der Waals surface area contributed by atoms with Crippen molar-refractivity contribution >= 4 is 11.6 Å². The van der Waals surface area contributed by atoms with Gasteiger partial charge in [-0.1, -0.05) is 48.5 Å². The van der Waals surface area contributed by atoms with Gasteiger partial charge in [-0.25, -0.2) is 0 Å². The number of amides is 1. The molecule has 3 aromatic rings. The third kappa shape index (κ3) is 2.83. The summed E-state index contributed by atoms with van der Waals surface area (Å²) in [6.07, 6.45) is 1.70. The fourth-order valence-corrected chi connectivity index (χ4v) is 3.59. The van der Waals surface area contributed by atoms with Crippen LogP contribution in [0.2, 0.25) is 0 Å². The Labute approximate surface area is 157 Å². The third-order valence-corrected chi connectivity index (χ3v) is 5.36. The number of anilines is 1. The topological polar surface area (TPSA) is 47.6 Å². The second kappa shape index (κ2) is 6.16. The molecule has 1 fully saturated rings. The van der Waals surface area contributed by atoms with Crippen LogP contribution in [0.15, 0.2) is 72.8 Å². The maximum Gasteiger partial charge on any atom is 0.235 e. The largest absolute Gasteiger partial charge is 0.454 e. The molecule has 5 rings (SSSR count). The summed E-state index contributed by atoms with van der Waals surface area (Å²) in [5.41, 5.74) is 3.63. The first-order valence-corrected chi connectivity index (χ1v) is 9.12. The van der Waals surface area contributed by atoms with Crippen LogP contribution in [0, 0.1) is 0 Å². The van der Waals surface area contributed by atoms with E-state index in [2.05, 4.69) is 17.4 Å². The lowest BCUT2D eigenvalue weighted by atomic mass is 9.94. The van der Waals surface area contributed by atoms with Gasteiger partial charge >= 0.3 is 0 Å². The van der Waals surface area contributed by atoms with Gasteiger partial charge in [0.05, 0.1) is 5.41 Å². The van der Waals surface area contributed by atoms with E-state index in [4.69, 9.17) is 9.47 Å². The summed E-state index contributed by atoms with van der Waals surface area (Å²) in [5.74, 6) is 1.50. The van der Waals surface area contributed by atoms with Gasteiger partial charge in [0.2, 0.25) is 12.7 Å². The Hall–Kier alpha value is -3.27. The average Bonchev–Trinajstić information content (AvgIpc) is 3.40. The number of carbonyl (C=O) groups excluding carboxylic acids is 1. The summed E-state index contributed by atoms with van der Waals surface area (Å²) in [6, 6.07) is 24.0. The molecule has 1 N–H and O–H groups in total. The Morgan fingerprint density at radius 2 is 1.52 bits per heavy atom. The molecule has 0 spiro atoms. The number of nitrogens with one attached hydrogen (secondary N) is 1. The number of rotatable bonds is 4. The lowest BCUT2D eigenvalue weighted by Gasteiger charge is -2.16. The van der Waals surface area contributed by atoms with Crippen molar-refractivity contribution in [3.63, 3.8) is 0 Å². The van der Waals surface area contributed by atoms with E-state index >= 15 is 0 Å².